The number of halogens is 6. The Morgan fingerprint density at radius 1 is 0.792 bits per heavy atom. The molecule has 0 aliphatic carbocycles. The van der Waals surface area contributed by atoms with Crippen LogP contribution in [-0.4, -0.2) is 5.91 Å². The van der Waals surface area contributed by atoms with Crippen molar-refractivity contribution in [3.8, 4) is 0 Å². The van der Waals surface area contributed by atoms with Crippen molar-refractivity contribution in [3.63, 3.8) is 0 Å². The second-order valence-corrected chi connectivity index (χ2v) is 4.70. The number of carbonyl (C=O) groups excluding carboxylic acids is 1. The molecule has 0 aliphatic rings. The lowest BCUT2D eigenvalue weighted by atomic mass is 10.1. The van der Waals surface area contributed by atoms with Gasteiger partial charge in [-0.2, -0.15) is 26.3 Å². The Balaban J connectivity index is 2.09. The average Bonchev–Trinajstić information content (AvgIpc) is 2.51. The van der Waals surface area contributed by atoms with Gasteiger partial charge in [-0.05, 0) is 36.4 Å². The molecule has 2 aromatic carbocycles. The molecule has 24 heavy (non-hydrogen) atoms. The first-order valence-corrected chi connectivity index (χ1v) is 6.49. The Kier molecular flexibility index (Phi) is 4.72. The van der Waals surface area contributed by atoms with Gasteiger partial charge in [-0.25, -0.2) is 0 Å². The van der Waals surface area contributed by atoms with Crippen molar-refractivity contribution in [2.24, 2.45) is 0 Å². The molecule has 0 unspecified atom stereocenters. The van der Waals surface area contributed by atoms with Crippen molar-refractivity contribution >= 4 is 11.6 Å². The summed E-state index contributed by atoms with van der Waals surface area (Å²) in [6.07, 6.45) is -9.17. The predicted octanol–water partition coefficient (Wildman–Crippen LogP) is 4.48. The number of hydrogen-bond acceptors (Lipinski definition) is 2. The third-order valence-electron chi connectivity index (χ3n) is 3.02. The highest BCUT2D eigenvalue weighted by atomic mass is 19.4. The van der Waals surface area contributed by atoms with Gasteiger partial charge in [0.05, 0.1) is 16.8 Å². The van der Waals surface area contributed by atoms with Gasteiger partial charge < -0.3 is 0 Å². The fourth-order valence-electron chi connectivity index (χ4n) is 1.85. The summed E-state index contributed by atoms with van der Waals surface area (Å²) >= 11 is 0. The first-order chi connectivity index (χ1) is 11.1. The molecule has 0 heterocycles. The summed E-state index contributed by atoms with van der Waals surface area (Å²) in [5.74, 6) is -0.874. The molecule has 0 fully saturated rings. The molecule has 9 heteroatoms. The van der Waals surface area contributed by atoms with Crippen LogP contribution in [0, 0.1) is 0 Å². The number of nitrogens with one attached hydrogen (secondary N) is 2. The lowest BCUT2D eigenvalue weighted by Gasteiger charge is -2.15. The van der Waals surface area contributed by atoms with E-state index in [0.717, 1.165) is 24.3 Å². The number of carbonyl (C=O) groups is 1. The van der Waals surface area contributed by atoms with Crippen molar-refractivity contribution in [2.75, 3.05) is 5.43 Å². The summed E-state index contributed by atoms with van der Waals surface area (Å²) in [5.41, 5.74) is 1.69. The van der Waals surface area contributed by atoms with Crippen molar-refractivity contribution < 1.29 is 31.1 Å². The van der Waals surface area contributed by atoms with Crippen LogP contribution in [0.4, 0.5) is 32.0 Å². The quantitative estimate of drug-likeness (QED) is 0.634. The van der Waals surface area contributed by atoms with E-state index in [1.165, 1.54) is 12.1 Å². The maximum absolute atomic E-state index is 12.8. The lowest BCUT2D eigenvalue weighted by molar-refractivity contribution is -0.138. The van der Waals surface area contributed by atoms with E-state index in [2.05, 4.69) is 5.43 Å². The molecule has 0 atom stereocenters. The van der Waals surface area contributed by atoms with E-state index < -0.39 is 29.4 Å². The predicted molar refractivity (Wildman–Crippen MR) is 74.0 cm³/mol. The van der Waals surface area contributed by atoms with Crippen LogP contribution in [0.5, 0.6) is 0 Å². The Morgan fingerprint density at radius 2 is 1.38 bits per heavy atom. The van der Waals surface area contributed by atoms with Crippen molar-refractivity contribution in [2.45, 2.75) is 12.4 Å². The summed E-state index contributed by atoms with van der Waals surface area (Å²) in [7, 11) is 0. The molecule has 1 amide bonds. The molecule has 0 saturated carbocycles. The van der Waals surface area contributed by atoms with Gasteiger partial charge in [-0.1, -0.05) is 12.1 Å². The zero-order valence-corrected chi connectivity index (χ0v) is 11.8. The van der Waals surface area contributed by atoms with Gasteiger partial charge in [0, 0.05) is 5.56 Å². The molecule has 0 aliphatic heterocycles. The van der Waals surface area contributed by atoms with Crippen LogP contribution in [-0.2, 0) is 12.4 Å². The molecule has 2 aromatic rings. The molecular formula is C15H10F6N2O. The molecule has 0 saturated heterocycles. The Labute approximate surface area is 132 Å². The first kappa shape index (κ1) is 17.6. The van der Waals surface area contributed by atoms with Crippen LogP contribution in [0.2, 0.25) is 0 Å². The summed E-state index contributed by atoms with van der Waals surface area (Å²) in [6.45, 7) is 0. The third-order valence-corrected chi connectivity index (χ3v) is 3.02. The van der Waals surface area contributed by atoms with Gasteiger partial charge in [-0.15, -0.1) is 0 Å². The van der Waals surface area contributed by atoms with E-state index >= 15 is 0 Å². The highest BCUT2D eigenvalue weighted by Gasteiger charge is 2.33. The number of anilines is 1. The monoisotopic (exact) mass is 348 g/mol. The fraction of sp³-hybridized carbons (Fsp3) is 0.133. The Hall–Kier alpha value is -2.71. The maximum Gasteiger partial charge on any atom is 0.418 e. The van der Waals surface area contributed by atoms with Crippen molar-refractivity contribution in [3.05, 3.63) is 65.2 Å². The number of alkyl halides is 6. The highest BCUT2D eigenvalue weighted by Crippen LogP contribution is 2.34. The largest absolute Gasteiger partial charge is 0.418 e. The average molecular weight is 348 g/mol. The topological polar surface area (TPSA) is 41.1 Å². The second-order valence-electron chi connectivity index (χ2n) is 4.70. The van der Waals surface area contributed by atoms with E-state index in [0.29, 0.717) is 12.1 Å². The molecule has 2 N–H and O–H groups in total. The normalized spacial score (nSPS) is 11.9. The van der Waals surface area contributed by atoms with Crippen LogP contribution >= 0.6 is 0 Å². The Morgan fingerprint density at radius 3 is 1.92 bits per heavy atom. The van der Waals surface area contributed by atoms with Gasteiger partial charge >= 0.3 is 12.4 Å². The van der Waals surface area contributed by atoms with E-state index in [1.54, 1.807) is 0 Å². The minimum absolute atomic E-state index is 0.139. The van der Waals surface area contributed by atoms with Crippen LogP contribution in [0.25, 0.3) is 0 Å². The van der Waals surface area contributed by atoms with Crippen LogP contribution in [0.15, 0.2) is 48.5 Å². The molecule has 0 spiro atoms. The summed E-state index contributed by atoms with van der Waals surface area (Å²) in [5, 5.41) is 0. The molecular weight excluding hydrogens is 338 g/mol. The minimum Gasteiger partial charge on any atom is -0.298 e. The number of hydrogen-bond donors (Lipinski definition) is 2. The maximum atomic E-state index is 12.8. The van der Waals surface area contributed by atoms with Gasteiger partial charge in [0.1, 0.15) is 0 Å². The van der Waals surface area contributed by atoms with E-state index in [-0.39, 0.29) is 11.3 Å². The van der Waals surface area contributed by atoms with Crippen molar-refractivity contribution in [1.82, 2.24) is 5.43 Å². The summed E-state index contributed by atoms with van der Waals surface area (Å²) in [6, 6.07) is 7.72. The first-order valence-electron chi connectivity index (χ1n) is 6.49. The van der Waals surface area contributed by atoms with Gasteiger partial charge in [-0.3, -0.25) is 15.6 Å². The van der Waals surface area contributed by atoms with E-state index in [4.69, 9.17) is 0 Å². The molecule has 0 aromatic heterocycles. The van der Waals surface area contributed by atoms with Crippen LogP contribution in [0.3, 0.4) is 0 Å². The summed E-state index contributed by atoms with van der Waals surface area (Å²) in [4.78, 5) is 11.8. The number of hydrazine groups is 1. The molecule has 3 nitrogen and oxygen atoms in total. The molecule has 2 rings (SSSR count). The zero-order chi connectivity index (χ0) is 18.0. The number of amides is 1. The standard InChI is InChI=1S/C15H10F6N2O/c16-14(17,18)10-7-5-9(6-8-10)13(24)23-22-12-4-2-1-3-11(12)15(19,20)21/h1-8,22H,(H,23,24). The summed E-state index contributed by atoms with van der Waals surface area (Å²) < 4.78 is 75.7. The lowest BCUT2D eigenvalue weighted by Crippen LogP contribution is -2.30. The fourth-order valence-corrected chi connectivity index (χ4v) is 1.85. The Bertz CT molecular complexity index is 722. The van der Waals surface area contributed by atoms with Gasteiger partial charge in [0.25, 0.3) is 5.91 Å². The minimum atomic E-state index is -4.62. The number of para-hydroxylation sites is 1. The molecule has 128 valence electrons. The number of rotatable bonds is 3. The van der Waals surface area contributed by atoms with Gasteiger partial charge in [0.2, 0.25) is 0 Å². The smallest absolute Gasteiger partial charge is 0.298 e. The third kappa shape index (κ3) is 4.18. The molecule has 0 radical (unpaired) electrons. The van der Waals surface area contributed by atoms with Crippen molar-refractivity contribution in [1.29, 1.82) is 0 Å². The van der Waals surface area contributed by atoms with Crippen LogP contribution in [0.1, 0.15) is 21.5 Å². The van der Waals surface area contributed by atoms with E-state index in [9.17, 15) is 31.1 Å². The van der Waals surface area contributed by atoms with Crippen LogP contribution < -0.4 is 10.9 Å². The SMILES string of the molecule is O=C(NNc1ccccc1C(F)(F)F)c1ccc(C(F)(F)F)cc1. The second kappa shape index (κ2) is 6.42. The zero-order valence-electron chi connectivity index (χ0n) is 11.8. The molecule has 0 bridgehead atoms. The number of benzene rings is 2. The van der Waals surface area contributed by atoms with E-state index in [1.807, 2.05) is 5.43 Å². The van der Waals surface area contributed by atoms with Gasteiger partial charge in [0.15, 0.2) is 0 Å². The highest BCUT2D eigenvalue weighted by molar-refractivity contribution is 5.95.